The number of nitrogens with one attached hydrogen (secondary N) is 1. The summed E-state index contributed by atoms with van der Waals surface area (Å²) in [6.45, 7) is 1.77. The van der Waals surface area contributed by atoms with Gasteiger partial charge in [-0.1, -0.05) is 18.2 Å². The summed E-state index contributed by atoms with van der Waals surface area (Å²) in [5, 5.41) is 2.76. The number of rotatable bonds is 5. The maximum absolute atomic E-state index is 12.5. The van der Waals surface area contributed by atoms with Crippen LogP contribution in [0.5, 0.6) is 0 Å². The van der Waals surface area contributed by atoms with Crippen LogP contribution >= 0.6 is 0 Å². The van der Waals surface area contributed by atoms with Crippen molar-refractivity contribution in [1.82, 2.24) is 4.90 Å². The molecule has 1 N–H and O–H groups in total. The van der Waals surface area contributed by atoms with Crippen molar-refractivity contribution in [2.24, 2.45) is 0 Å². The van der Waals surface area contributed by atoms with Crippen LogP contribution in [0.3, 0.4) is 0 Å². The Morgan fingerprint density at radius 3 is 2.25 bits per heavy atom. The molecule has 0 bridgehead atoms. The van der Waals surface area contributed by atoms with Crippen molar-refractivity contribution in [3.63, 3.8) is 0 Å². The highest BCUT2D eigenvalue weighted by molar-refractivity contribution is 6.14. The molecule has 0 unspecified atom stereocenters. The molecule has 7 heteroatoms. The van der Waals surface area contributed by atoms with Crippen LogP contribution in [0, 0.1) is 0 Å². The molecule has 2 aliphatic rings. The van der Waals surface area contributed by atoms with E-state index >= 15 is 0 Å². The number of urea groups is 1. The number of anilines is 3. The molecule has 7 nitrogen and oxygen atoms in total. The van der Waals surface area contributed by atoms with E-state index in [1.54, 1.807) is 24.3 Å². The largest absolute Gasteiger partial charge is 0.372 e. The molecule has 2 aromatic rings. The Kier molecular flexibility index (Phi) is 4.97. The van der Waals surface area contributed by atoms with Crippen LogP contribution in [-0.2, 0) is 9.59 Å². The maximum Gasteiger partial charge on any atom is 0.332 e. The number of amides is 4. The van der Waals surface area contributed by atoms with E-state index in [0.29, 0.717) is 11.4 Å². The lowest BCUT2D eigenvalue weighted by Gasteiger charge is -2.18. The van der Waals surface area contributed by atoms with Crippen LogP contribution in [0.25, 0.3) is 0 Å². The van der Waals surface area contributed by atoms with Gasteiger partial charge in [0.15, 0.2) is 0 Å². The Hall–Kier alpha value is -3.35. The van der Waals surface area contributed by atoms with Crippen molar-refractivity contribution in [1.29, 1.82) is 0 Å². The van der Waals surface area contributed by atoms with E-state index < -0.39 is 11.9 Å². The summed E-state index contributed by atoms with van der Waals surface area (Å²) < 4.78 is 0. The van der Waals surface area contributed by atoms with Gasteiger partial charge in [-0.15, -0.1) is 0 Å². The first-order valence-corrected chi connectivity index (χ1v) is 9.43. The third-order valence-electron chi connectivity index (χ3n) is 5.05. The highest BCUT2D eigenvalue weighted by Crippen LogP contribution is 2.23. The molecule has 2 aliphatic heterocycles. The van der Waals surface area contributed by atoms with E-state index in [2.05, 4.69) is 10.2 Å². The van der Waals surface area contributed by atoms with Crippen molar-refractivity contribution in [3.8, 4) is 0 Å². The molecular formula is C21H22N4O3. The minimum Gasteiger partial charge on any atom is -0.372 e. The molecule has 2 saturated heterocycles. The summed E-state index contributed by atoms with van der Waals surface area (Å²) in [6.07, 6.45) is 2.41. The van der Waals surface area contributed by atoms with E-state index in [0.717, 1.165) is 23.7 Å². The predicted molar refractivity (Wildman–Crippen MR) is 107 cm³/mol. The third-order valence-corrected chi connectivity index (χ3v) is 5.05. The van der Waals surface area contributed by atoms with Gasteiger partial charge in [-0.05, 0) is 49.2 Å². The van der Waals surface area contributed by atoms with Gasteiger partial charge in [-0.25, -0.2) is 4.79 Å². The summed E-state index contributed by atoms with van der Waals surface area (Å²) in [5.74, 6) is -0.779. The molecule has 0 radical (unpaired) electrons. The molecular weight excluding hydrogens is 356 g/mol. The Morgan fingerprint density at radius 1 is 0.893 bits per heavy atom. The van der Waals surface area contributed by atoms with Crippen molar-refractivity contribution < 1.29 is 14.4 Å². The maximum atomic E-state index is 12.5. The Labute approximate surface area is 163 Å². The molecule has 2 fully saturated rings. The number of carbonyl (C=O) groups is 3. The van der Waals surface area contributed by atoms with Crippen molar-refractivity contribution >= 4 is 34.9 Å². The van der Waals surface area contributed by atoms with Gasteiger partial charge in [0.05, 0.1) is 0 Å². The zero-order valence-corrected chi connectivity index (χ0v) is 15.5. The number of para-hydroxylation sites is 1. The first kappa shape index (κ1) is 18.0. The lowest BCUT2D eigenvalue weighted by molar-refractivity contribution is -0.128. The second-order valence-electron chi connectivity index (χ2n) is 6.97. The van der Waals surface area contributed by atoms with Gasteiger partial charge in [0, 0.05) is 30.2 Å². The molecule has 2 aromatic carbocycles. The van der Waals surface area contributed by atoms with Gasteiger partial charge in [0.1, 0.15) is 13.1 Å². The van der Waals surface area contributed by atoms with Crippen LogP contribution < -0.4 is 15.1 Å². The van der Waals surface area contributed by atoms with Gasteiger partial charge in [-0.3, -0.25) is 19.4 Å². The molecule has 2 heterocycles. The predicted octanol–water partition coefficient (Wildman–Crippen LogP) is 2.69. The molecule has 0 aliphatic carbocycles. The lowest BCUT2D eigenvalue weighted by atomic mass is 10.2. The molecule has 0 saturated carbocycles. The average molecular weight is 378 g/mol. The van der Waals surface area contributed by atoms with Crippen molar-refractivity contribution in [3.05, 3.63) is 54.6 Å². The molecule has 0 atom stereocenters. The number of carbonyl (C=O) groups excluding carboxylic acids is 3. The quantitative estimate of drug-likeness (QED) is 0.812. The Bertz CT molecular complexity index is 876. The van der Waals surface area contributed by atoms with Crippen LogP contribution in [0.4, 0.5) is 21.9 Å². The molecule has 28 heavy (non-hydrogen) atoms. The van der Waals surface area contributed by atoms with Crippen LogP contribution in [0.15, 0.2) is 54.6 Å². The van der Waals surface area contributed by atoms with Crippen LogP contribution in [0.1, 0.15) is 12.8 Å². The normalized spacial score (nSPS) is 16.8. The zero-order valence-electron chi connectivity index (χ0n) is 15.5. The number of benzene rings is 2. The van der Waals surface area contributed by atoms with E-state index in [9.17, 15) is 14.4 Å². The van der Waals surface area contributed by atoms with E-state index in [-0.39, 0.29) is 19.0 Å². The lowest BCUT2D eigenvalue weighted by Crippen LogP contribution is -2.39. The second-order valence-corrected chi connectivity index (χ2v) is 6.97. The molecule has 144 valence electrons. The fourth-order valence-corrected chi connectivity index (χ4v) is 3.58. The SMILES string of the molecule is O=C(CN1C(=O)CN(c2ccccc2)C1=O)Nc1ccc(N2CCCC2)cc1. The fraction of sp³-hybridized carbons (Fsp3) is 0.286. The van der Waals surface area contributed by atoms with Crippen LogP contribution in [-0.4, -0.2) is 48.9 Å². The fourth-order valence-electron chi connectivity index (χ4n) is 3.58. The minimum atomic E-state index is -0.476. The van der Waals surface area contributed by atoms with Crippen molar-refractivity contribution in [2.45, 2.75) is 12.8 Å². The Morgan fingerprint density at radius 2 is 1.57 bits per heavy atom. The van der Waals surface area contributed by atoms with Gasteiger partial charge in [0.25, 0.3) is 5.91 Å². The van der Waals surface area contributed by atoms with Gasteiger partial charge >= 0.3 is 6.03 Å². The topological polar surface area (TPSA) is 73.0 Å². The molecule has 4 amide bonds. The van der Waals surface area contributed by atoms with Gasteiger partial charge in [-0.2, -0.15) is 0 Å². The van der Waals surface area contributed by atoms with Gasteiger partial charge in [0.2, 0.25) is 5.91 Å². The highest BCUT2D eigenvalue weighted by Gasteiger charge is 2.37. The van der Waals surface area contributed by atoms with E-state index in [1.807, 2.05) is 30.3 Å². The second kappa shape index (κ2) is 7.72. The van der Waals surface area contributed by atoms with Crippen molar-refractivity contribution in [2.75, 3.05) is 41.3 Å². The van der Waals surface area contributed by atoms with Crippen LogP contribution in [0.2, 0.25) is 0 Å². The first-order valence-electron chi connectivity index (χ1n) is 9.43. The number of hydrogen-bond donors (Lipinski definition) is 1. The molecule has 0 spiro atoms. The summed E-state index contributed by atoms with van der Waals surface area (Å²) >= 11 is 0. The molecule has 0 aromatic heterocycles. The number of nitrogens with zero attached hydrogens (tertiary/aromatic N) is 3. The summed E-state index contributed by atoms with van der Waals surface area (Å²) in [7, 11) is 0. The highest BCUT2D eigenvalue weighted by atomic mass is 16.2. The minimum absolute atomic E-state index is 0.0549. The van der Waals surface area contributed by atoms with Gasteiger partial charge < -0.3 is 10.2 Å². The Balaban J connectivity index is 1.37. The first-order chi connectivity index (χ1) is 13.6. The average Bonchev–Trinajstić information content (AvgIpc) is 3.34. The molecule has 4 rings (SSSR count). The summed E-state index contributed by atoms with van der Waals surface area (Å²) in [6, 6.07) is 16.1. The van der Waals surface area contributed by atoms with E-state index in [4.69, 9.17) is 0 Å². The number of hydrogen-bond acceptors (Lipinski definition) is 4. The third kappa shape index (κ3) is 3.69. The summed E-state index contributed by atoms with van der Waals surface area (Å²) in [4.78, 5) is 41.8. The summed E-state index contributed by atoms with van der Waals surface area (Å²) in [5.41, 5.74) is 2.42. The smallest absolute Gasteiger partial charge is 0.332 e. The standard InChI is InChI=1S/C21H22N4O3/c26-19(22-16-8-10-17(11-9-16)23-12-4-5-13-23)14-25-20(27)15-24(21(25)28)18-6-2-1-3-7-18/h1-3,6-11H,4-5,12-15H2,(H,22,26). The monoisotopic (exact) mass is 378 g/mol. The van der Waals surface area contributed by atoms with E-state index in [1.165, 1.54) is 17.7 Å². The zero-order chi connectivity index (χ0) is 19.5. The number of imide groups is 1.